The van der Waals surface area contributed by atoms with E-state index < -0.39 is 0 Å². The maximum Gasteiger partial charge on any atom is 0.233 e. The van der Waals surface area contributed by atoms with Gasteiger partial charge in [-0.2, -0.15) is 0 Å². The molecule has 9 heteroatoms. The molecule has 0 radical (unpaired) electrons. The van der Waals surface area contributed by atoms with Crippen molar-refractivity contribution in [3.8, 4) is 0 Å². The van der Waals surface area contributed by atoms with Gasteiger partial charge in [0.1, 0.15) is 0 Å². The molecule has 0 bridgehead atoms. The SMILES string of the molecule is O=C(CSc1nc2ncc(Cl)cc2[nH]1)N1CCC(c2nc3ccccc3s2)CC1. The van der Waals surface area contributed by atoms with Gasteiger partial charge in [0.15, 0.2) is 10.8 Å². The quantitative estimate of drug-likeness (QED) is 0.462. The van der Waals surface area contributed by atoms with Crippen molar-refractivity contribution in [3.05, 3.63) is 46.6 Å². The first-order valence-corrected chi connectivity index (χ1v) is 11.6. The number of carbonyl (C=O) groups excluding carboxylic acids is 1. The smallest absolute Gasteiger partial charge is 0.233 e. The van der Waals surface area contributed by atoms with Crippen LogP contribution < -0.4 is 0 Å². The summed E-state index contributed by atoms with van der Waals surface area (Å²) in [5.74, 6) is 0.943. The number of benzene rings is 1. The van der Waals surface area contributed by atoms with E-state index in [-0.39, 0.29) is 5.91 Å². The van der Waals surface area contributed by atoms with Crippen molar-refractivity contribution >= 4 is 62.0 Å². The van der Waals surface area contributed by atoms with Crippen molar-refractivity contribution in [2.45, 2.75) is 23.9 Å². The van der Waals surface area contributed by atoms with Gasteiger partial charge >= 0.3 is 0 Å². The molecule has 1 aliphatic heterocycles. The lowest BCUT2D eigenvalue weighted by Gasteiger charge is -2.31. The van der Waals surface area contributed by atoms with Crippen LogP contribution in [0.25, 0.3) is 21.4 Å². The van der Waals surface area contributed by atoms with Crippen molar-refractivity contribution in [1.29, 1.82) is 0 Å². The number of piperidine rings is 1. The lowest BCUT2D eigenvalue weighted by Crippen LogP contribution is -2.38. The number of nitrogens with one attached hydrogen (secondary N) is 1. The average Bonchev–Trinajstić information content (AvgIpc) is 3.35. The van der Waals surface area contributed by atoms with Crippen LogP contribution in [0.15, 0.2) is 41.7 Å². The van der Waals surface area contributed by atoms with Gasteiger partial charge in [0.2, 0.25) is 5.91 Å². The summed E-state index contributed by atoms with van der Waals surface area (Å²) in [5.41, 5.74) is 2.47. The first kappa shape index (κ1) is 18.8. The first-order valence-electron chi connectivity index (χ1n) is 9.43. The number of nitrogens with zero attached hydrogens (tertiary/aromatic N) is 4. The molecule has 0 aliphatic carbocycles. The summed E-state index contributed by atoms with van der Waals surface area (Å²) in [5, 5.41) is 2.44. The highest BCUT2D eigenvalue weighted by Gasteiger charge is 2.26. The van der Waals surface area contributed by atoms with Crippen LogP contribution in [0.5, 0.6) is 0 Å². The minimum atomic E-state index is 0.143. The molecule has 0 saturated carbocycles. The number of thioether (sulfide) groups is 1. The molecule has 1 N–H and O–H groups in total. The first-order chi connectivity index (χ1) is 14.2. The normalized spacial score (nSPS) is 15.4. The lowest BCUT2D eigenvalue weighted by molar-refractivity contribution is -0.129. The fraction of sp³-hybridized carbons (Fsp3) is 0.300. The van der Waals surface area contributed by atoms with Gasteiger partial charge < -0.3 is 9.88 Å². The topological polar surface area (TPSA) is 74.8 Å². The molecule has 29 heavy (non-hydrogen) atoms. The van der Waals surface area contributed by atoms with Gasteiger partial charge in [0.25, 0.3) is 0 Å². The zero-order valence-electron chi connectivity index (χ0n) is 15.5. The Hall–Kier alpha value is -2.16. The Kier molecular flexibility index (Phi) is 5.15. The third-order valence-corrected chi connectivity index (χ3v) is 7.39. The van der Waals surface area contributed by atoms with Gasteiger partial charge in [0, 0.05) is 25.2 Å². The van der Waals surface area contributed by atoms with E-state index in [4.69, 9.17) is 16.6 Å². The molecule has 4 aromatic rings. The molecule has 1 fully saturated rings. The number of likely N-dealkylation sites (tertiary alicyclic amines) is 1. The van der Waals surface area contributed by atoms with E-state index in [1.807, 2.05) is 11.0 Å². The molecule has 0 unspecified atom stereocenters. The van der Waals surface area contributed by atoms with Gasteiger partial charge in [0.05, 0.1) is 31.5 Å². The Morgan fingerprint density at radius 1 is 1.28 bits per heavy atom. The van der Waals surface area contributed by atoms with Crippen LogP contribution in [0.1, 0.15) is 23.8 Å². The number of imidazole rings is 1. The standard InChI is InChI=1S/C20H18ClN5OS2/c21-13-9-15-18(22-10-13)25-20(24-15)28-11-17(27)26-7-5-12(6-8-26)19-23-14-3-1-2-4-16(14)29-19/h1-4,9-10,12H,5-8,11H2,(H,22,24,25). The number of pyridine rings is 1. The predicted molar refractivity (Wildman–Crippen MR) is 118 cm³/mol. The van der Waals surface area contributed by atoms with Crippen LogP contribution >= 0.6 is 34.7 Å². The summed E-state index contributed by atoms with van der Waals surface area (Å²) in [6.07, 6.45) is 3.49. The van der Waals surface area contributed by atoms with Crippen molar-refractivity contribution in [3.63, 3.8) is 0 Å². The molecule has 3 aromatic heterocycles. The lowest BCUT2D eigenvalue weighted by atomic mass is 9.97. The van der Waals surface area contributed by atoms with Crippen LogP contribution in [-0.4, -0.2) is 49.6 Å². The molecule has 148 valence electrons. The molecular formula is C20H18ClN5OS2. The number of aromatic nitrogens is 4. The number of hydrogen-bond acceptors (Lipinski definition) is 6. The summed E-state index contributed by atoms with van der Waals surface area (Å²) in [6.45, 7) is 1.55. The zero-order chi connectivity index (χ0) is 19.8. The molecule has 0 atom stereocenters. The fourth-order valence-electron chi connectivity index (χ4n) is 3.58. The molecule has 4 heterocycles. The van der Waals surface area contributed by atoms with E-state index in [2.05, 4.69) is 33.2 Å². The summed E-state index contributed by atoms with van der Waals surface area (Å²) >= 11 is 9.13. The van der Waals surface area contributed by atoms with Gasteiger partial charge in [-0.25, -0.2) is 15.0 Å². The number of halogens is 1. The van der Waals surface area contributed by atoms with E-state index in [1.54, 1.807) is 23.6 Å². The van der Waals surface area contributed by atoms with E-state index in [1.165, 1.54) is 21.5 Å². The number of aromatic amines is 1. The van der Waals surface area contributed by atoms with Crippen LogP contribution in [0, 0.1) is 0 Å². The van der Waals surface area contributed by atoms with Gasteiger partial charge in [-0.3, -0.25) is 4.79 Å². The second-order valence-corrected chi connectivity index (χ2v) is 9.49. The van der Waals surface area contributed by atoms with Crippen LogP contribution in [0.3, 0.4) is 0 Å². The Bertz CT molecular complexity index is 1150. The molecule has 1 aromatic carbocycles. The van der Waals surface area contributed by atoms with Crippen LogP contribution in [0.2, 0.25) is 5.02 Å². The van der Waals surface area contributed by atoms with E-state index in [0.29, 0.717) is 27.5 Å². The minimum Gasteiger partial charge on any atom is -0.342 e. The molecule has 1 aliphatic rings. The van der Waals surface area contributed by atoms with Crippen LogP contribution in [-0.2, 0) is 4.79 Å². The summed E-state index contributed by atoms with van der Waals surface area (Å²) in [6, 6.07) is 10.0. The third kappa shape index (κ3) is 3.97. The number of rotatable bonds is 4. The number of H-pyrrole nitrogens is 1. The number of amides is 1. The molecular weight excluding hydrogens is 426 g/mol. The van der Waals surface area contributed by atoms with Gasteiger partial charge in [-0.05, 0) is 31.0 Å². The molecule has 0 spiro atoms. The van der Waals surface area contributed by atoms with Crippen molar-refractivity contribution < 1.29 is 4.79 Å². The van der Waals surface area contributed by atoms with Crippen molar-refractivity contribution in [2.24, 2.45) is 0 Å². The molecule has 6 nitrogen and oxygen atoms in total. The van der Waals surface area contributed by atoms with Crippen molar-refractivity contribution in [1.82, 2.24) is 24.8 Å². The Labute approximate surface area is 180 Å². The summed E-state index contributed by atoms with van der Waals surface area (Å²) < 4.78 is 1.24. The number of carbonyl (C=O) groups is 1. The van der Waals surface area contributed by atoms with Gasteiger partial charge in [-0.15, -0.1) is 11.3 Å². The molecule has 5 rings (SSSR count). The second kappa shape index (κ2) is 7.93. The summed E-state index contributed by atoms with van der Waals surface area (Å²) in [7, 11) is 0. The number of thiazole rings is 1. The van der Waals surface area contributed by atoms with E-state index in [9.17, 15) is 4.79 Å². The maximum atomic E-state index is 12.6. The maximum absolute atomic E-state index is 12.6. The van der Waals surface area contributed by atoms with Crippen molar-refractivity contribution in [2.75, 3.05) is 18.8 Å². The monoisotopic (exact) mass is 443 g/mol. The van der Waals surface area contributed by atoms with E-state index in [0.717, 1.165) is 37.0 Å². The van der Waals surface area contributed by atoms with Crippen LogP contribution in [0.4, 0.5) is 0 Å². The third-order valence-electron chi connectivity index (χ3n) is 5.12. The fourth-order valence-corrected chi connectivity index (χ4v) is 5.65. The van der Waals surface area contributed by atoms with E-state index >= 15 is 0 Å². The Balaban J connectivity index is 1.17. The Morgan fingerprint density at radius 2 is 2.10 bits per heavy atom. The number of fused-ring (bicyclic) bond motifs is 2. The average molecular weight is 444 g/mol. The highest BCUT2D eigenvalue weighted by Crippen LogP contribution is 2.34. The minimum absolute atomic E-state index is 0.143. The second-order valence-electron chi connectivity index (χ2n) is 7.03. The number of hydrogen-bond donors (Lipinski definition) is 1. The largest absolute Gasteiger partial charge is 0.342 e. The van der Waals surface area contributed by atoms with Gasteiger partial charge in [-0.1, -0.05) is 35.5 Å². The highest BCUT2D eigenvalue weighted by molar-refractivity contribution is 7.99. The predicted octanol–water partition coefficient (Wildman–Crippen LogP) is 4.72. The molecule has 1 amide bonds. The zero-order valence-corrected chi connectivity index (χ0v) is 17.9. The Morgan fingerprint density at radius 3 is 2.93 bits per heavy atom. The number of para-hydroxylation sites is 1. The molecule has 1 saturated heterocycles. The highest BCUT2D eigenvalue weighted by atomic mass is 35.5. The summed E-state index contributed by atoms with van der Waals surface area (Å²) in [4.78, 5) is 31.1.